The Labute approximate surface area is 91.6 Å². The summed E-state index contributed by atoms with van der Waals surface area (Å²) in [6, 6.07) is 6.47. The zero-order valence-corrected chi connectivity index (χ0v) is 9.98. The van der Waals surface area contributed by atoms with Gasteiger partial charge in [0.15, 0.2) is 0 Å². The Morgan fingerprint density at radius 1 is 1.50 bits per heavy atom. The zero-order valence-electron chi connectivity index (χ0n) is 7.07. The van der Waals surface area contributed by atoms with Crippen LogP contribution in [0.15, 0.2) is 18.2 Å². The molecule has 0 heterocycles. The van der Waals surface area contributed by atoms with Gasteiger partial charge in [-0.3, -0.25) is 0 Å². The van der Waals surface area contributed by atoms with Crippen molar-refractivity contribution in [3.63, 3.8) is 0 Å². The third-order valence-electron chi connectivity index (χ3n) is 1.88. The van der Waals surface area contributed by atoms with Crippen LogP contribution in [0.1, 0.15) is 18.5 Å². The molecule has 0 saturated heterocycles. The highest BCUT2D eigenvalue weighted by Gasteiger charge is 2.03. The second-order valence-corrected chi connectivity index (χ2v) is 4.25. The molecule has 1 aromatic rings. The van der Waals surface area contributed by atoms with Crippen LogP contribution >= 0.6 is 34.2 Å². The fourth-order valence-electron chi connectivity index (χ4n) is 0.948. The average Bonchev–Trinajstić information content (AvgIpc) is 2.08. The van der Waals surface area contributed by atoms with Crippen molar-refractivity contribution in [3.8, 4) is 0 Å². The molecule has 1 nitrogen and oxygen atoms in total. The predicted octanol–water partition coefficient (Wildman–Crippen LogP) is 3.23. The number of rotatable bonds is 2. The molecule has 1 rings (SSSR count). The lowest BCUT2D eigenvalue weighted by Crippen LogP contribution is -2.12. The molecule has 0 aliphatic carbocycles. The molecule has 0 spiro atoms. The van der Waals surface area contributed by atoms with E-state index in [4.69, 9.17) is 11.6 Å². The van der Waals surface area contributed by atoms with Gasteiger partial charge in [0.2, 0.25) is 0 Å². The van der Waals surface area contributed by atoms with Crippen molar-refractivity contribution in [1.29, 1.82) is 0 Å². The Morgan fingerprint density at radius 2 is 2.17 bits per heavy atom. The summed E-state index contributed by atoms with van der Waals surface area (Å²) in [5.41, 5.74) is 1.27. The predicted molar refractivity (Wildman–Crippen MR) is 61.6 cm³/mol. The van der Waals surface area contributed by atoms with Gasteiger partial charge in [-0.15, -0.1) is 0 Å². The van der Waals surface area contributed by atoms with Crippen LogP contribution in [-0.4, -0.2) is 7.05 Å². The van der Waals surface area contributed by atoms with Gasteiger partial charge in [-0.2, -0.15) is 0 Å². The van der Waals surface area contributed by atoms with E-state index >= 15 is 0 Å². The molecule has 12 heavy (non-hydrogen) atoms. The fourth-order valence-corrected chi connectivity index (χ4v) is 1.61. The minimum Gasteiger partial charge on any atom is -0.313 e. The van der Waals surface area contributed by atoms with Crippen LogP contribution in [-0.2, 0) is 0 Å². The summed E-state index contributed by atoms with van der Waals surface area (Å²) < 4.78 is 1.11. The van der Waals surface area contributed by atoms with Crippen molar-refractivity contribution in [2.24, 2.45) is 0 Å². The van der Waals surface area contributed by atoms with Crippen molar-refractivity contribution < 1.29 is 0 Å². The average molecular weight is 296 g/mol. The first-order valence-corrected chi connectivity index (χ1v) is 5.23. The summed E-state index contributed by atoms with van der Waals surface area (Å²) >= 11 is 8.14. The van der Waals surface area contributed by atoms with Crippen molar-refractivity contribution in [3.05, 3.63) is 32.4 Å². The monoisotopic (exact) mass is 295 g/mol. The van der Waals surface area contributed by atoms with Gasteiger partial charge < -0.3 is 5.32 Å². The number of hydrogen-bond donors (Lipinski definition) is 1. The van der Waals surface area contributed by atoms with E-state index in [0.29, 0.717) is 6.04 Å². The van der Waals surface area contributed by atoms with Gasteiger partial charge in [-0.1, -0.05) is 17.7 Å². The molecular weight excluding hydrogens is 284 g/mol. The molecule has 0 aliphatic rings. The molecule has 0 aliphatic heterocycles. The molecule has 0 aromatic heterocycles. The smallest absolute Gasteiger partial charge is 0.0539 e. The molecule has 1 atom stereocenters. The summed E-state index contributed by atoms with van der Waals surface area (Å²) in [7, 11) is 1.95. The third kappa shape index (κ3) is 2.34. The number of halogens is 2. The molecule has 0 saturated carbocycles. The third-order valence-corrected chi connectivity index (χ3v) is 3.42. The molecule has 0 radical (unpaired) electrons. The lowest BCUT2D eigenvalue weighted by atomic mass is 10.1. The Morgan fingerprint density at radius 3 is 2.67 bits per heavy atom. The molecule has 0 unspecified atom stereocenters. The summed E-state index contributed by atoms with van der Waals surface area (Å²) in [5.74, 6) is 0. The highest BCUT2D eigenvalue weighted by atomic mass is 127. The van der Waals surface area contributed by atoms with Crippen molar-refractivity contribution >= 4 is 34.2 Å². The van der Waals surface area contributed by atoms with Gasteiger partial charge in [0.25, 0.3) is 0 Å². The minimum absolute atomic E-state index is 0.385. The number of benzene rings is 1. The second-order valence-electron chi connectivity index (χ2n) is 2.68. The molecule has 0 bridgehead atoms. The maximum absolute atomic E-state index is 5.90. The molecule has 0 fully saturated rings. The lowest BCUT2D eigenvalue weighted by Gasteiger charge is -2.10. The Balaban J connectivity index is 2.96. The van der Waals surface area contributed by atoms with Gasteiger partial charge >= 0.3 is 0 Å². The maximum Gasteiger partial charge on any atom is 0.0539 e. The topological polar surface area (TPSA) is 12.0 Å². The van der Waals surface area contributed by atoms with Crippen LogP contribution in [0.4, 0.5) is 0 Å². The zero-order chi connectivity index (χ0) is 9.14. The van der Waals surface area contributed by atoms with E-state index in [-0.39, 0.29) is 0 Å². The molecule has 66 valence electrons. The van der Waals surface area contributed by atoms with E-state index in [1.54, 1.807) is 0 Å². The van der Waals surface area contributed by atoms with Crippen LogP contribution in [0.2, 0.25) is 5.02 Å². The summed E-state index contributed by atoms with van der Waals surface area (Å²) in [6.45, 7) is 2.12. The first-order chi connectivity index (χ1) is 5.65. The van der Waals surface area contributed by atoms with E-state index in [1.165, 1.54) is 5.56 Å². The minimum atomic E-state index is 0.385. The quantitative estimate of drug-likeness (QED) is 0.826. The SMILES string of the molecule is CN[C@H](C)c1ccc(Cl)c(I)c1. The van der Waals surface area contributed by atoms with Gasteiger partial charge in [-0.05, 0) is 54.3 Å². The van der Waals surface area contributed by atoms with Crippen molar-refractivity contribution in [2.75, 3.05) is 7.05 Å². The van der Waals surface area contributed by atoms with Crippen molar-refractivity contribution in [1.82, 2.24) is 5.32 Å². The Bertz CT molecular complexity index is 275. The number of hydrogen-bond acceptors (Lipinski definition) is 1. The highest BCUT2D eigenvalue weighted by molar-refractivity contribution is 14.1. The van der Waals surface area contributed by atoms with Crippen LogP contribution in [0, 0.1) is 3.57 Å². The first kappa shape index (κ1) is 10.3. The van der Waals surface area contributed by atoms with Gasteiger partial charge in [0.05, 0.1) is 5.02 Å². The van der Waals surface area contributed by atoms with Gasteiger partial charge in [0, 0.05) is 9.61 Å². The van der Waals surface area contributed by atoms with Gasteiger partial charge in [-0.25, -0.2) is 0 Å². The van der Waals surface area contributed by atoms with E-state index in [9.17, 15) is 0 Å². The van der Waals surface area contributed by atoms with Crippen LogP contribution in [0.5, 0.6) is 0 Å². The molecular formula is C9H11ClIN. The molecule has 0 amide bonds. The molecule has 1 N–H and O–H groups in total. The molecule has 3 heteroatoms. The van der Waals surface area contributed by atoms with Gasteiger partial charge in [0.1, 0.15) is 0 Å². The summed E-state index contributed by atoms with van der Waals surface area (Å²) in [4.78, 5) is 0. The molecule has 1 aromatic carbocycles. The second kappa shape index (κ2) is 4.44. The highest BCUT2D eigenvalue weighted by Crippen LogP contribution is 2.22. The Hall–Kier alpha value is 0.200. The maximum atomic E-state index is 5.90. The van der Waals surface area contributed by atoms with E-state index in [1.807, 2.05) is 19.2 Å². The summed E-state index contributed by atoms with van der Waals surface area (Å²) in [6.07, 6.45) is 0. The van der Waals surface area contributed by atoms with E-state index in [0.717, 1.165) is 8.59 Å². The Kier molecular flexibility index (Phi) is 3.80. The van der Waals surface area contributed by atoms with Crippen LogP contribution < -0.4 is 5.32 Å². The standard InChI is InChI=1S/C9H11ClIN/c1-6(12-2)7-3-4-8(10)9(11)5-7/h3-6,12H,1-2H3/t6-/m1/s1. The largest absolute Gasteiger partial charge is 0.313 e. The summed E-state index contributed by atoms with van der Waals surface area (Å²) in [5, 5.41) is 4.00. The normalized spacial score (nSPS) is 13.0. The van der Waals surface area contributed by atoms with Crippen LogP contribution in [0.3, 0.4) is 0 Å². The first-order valence-electron chi connectivity index (χ1n) is 3.77. The lowest BCUT2D eigenvalue weighted by molar-refractivity contribution is 0.652. The fraction of sp³-hybridized carbons (Fsp3) is 0.333. The number of nitrogens with one attached hydrogen (secondary N) is 1. The van der Waals surface area contributed by atoms with E-state index in [2.05, 4.69) is 40.9 Å². The van der Waals surface area contributed by atoms with E-state index < -0.39 is 0 Å². The van der Waals surface area contributed by atoms with Crippen molar-refractivity contribution in [2.45, 2.75) is 13.0 Å². The van der Waals surface area contributed by atoms with Crippen LogP contribution in [0.25, 0.3) is 0 Å².